The number of nitrogens with zero attached hydrogens (tertiary/aromatic N) is 3. The number of hydrogen-bond acceptors (Lipinski definition) is 6. The molecule has 0 spiro atoms. The molecule has 200 valence electrons. The van der Waals surface area contributed by atoms with Crippen molar-refractivity contribution in [3.8, 4) is 11.1 Å². The second kappa shape index (κ2) is 9.07. The number of ether oxygens (including phenoxy) is 1. The third kappa shape index (κ3) is 4.25. The van der Waals surface area contributed by atoms with Crippen LogP contribution in [0.5, 0.6) is 0 Å². The number of carbonyl (C=O) groups is 1. The van der Waals surface area contributed by atoms with Gasteiger partial charge in [-0.15, -0.1) is 0 Å². The van der Waals surface area contributed by atoms with Crippen LogP contribution in [0.2, 0.25) is 0 Å². The number of amides is 1. The summed E-state index contributed by atoms with van der Waals surface area (Å²) in [6.45, 7) is 6.70. The Labute approximate surface area is 223 Å². The summed E-state index contributed by atoms with van der Waals surface area (Å²) in [5.41, 5.74) is 9.10. The molecule has 3 aromatic heterocycles. The lowest BCUT2D eigenvalue weighted by Crippen LogP contribution is -2.41. The molecule has 0 unspecified atom stereocenters. The van der Waals surface area contributed by atoms with Gasteiger partial charge < -0.3 is 20.4 Å². The van der Waals surface area contributed by atoms with E-state index >= 15 is 0 Å². The highest BCUT2D eigenvalue weighted by molar-refractivity contribution is 6.14. The van der Waals surface area contributed by atoms with Gasteiger partial charge in [0.2, 0.25) is 0 Å². The molecule has 4 heterocycles. The van der Waals surface area contributed by atoms with Gasteiger partial charge in [-0.05, 0) is 68.9 Å². The van der Waals surface area contributed by atoms with Crippen LogP contribution in [0.1, 0.15) is 45.1 Å². The number of carbonyl (C=O) groups excluding carboxylic acids is 1. The maximum atomic E-state index is 14.5. The highest BCUT2D eigenvalue weighted by Gasteiger charge is 2.29. The van der Waals surface area contributed by atoms with E-state index in [1.807, 2.05) is 32.9 Å². The molecule has 2 aromatic carbocycles. The molecule has 0 aliphatic carbocycles. The summed E-state index contributed by atoms with van der Waals surface area (Å²) in [5, 5.41) is 8.89. The molecule has 1 aliphatic rings. The number of fused-ring (bicyclic) bond motifs is 4. The van der Waals surface area contributed by atoms with Crippen molar-refractivity contribution in [1.82, 2.24) is 25.1 Å². The minimum Gasteiger partial charge on any atom is -0.444 e. The molecule has 5 aromatic rings. The fraction of sp³-hybridized carbons (Fsp3) is 0.310. The summed E-state index contributed by atoms with van der Waals surface area (Å²) in [6.07, 6.45) is 4.40. The second-order valence-corrected chi connectivity index (χ2v) is 11.0. The zero-order valence-electron chi connectivity index (χ0n) is 22.0. The summed E-state index contributed by atoms with van der Waals surface area (Å²) in [4.78, 5) is 35.0. The Morgan fingerprint density at radius 1 is 1.13 bits per heavy atom. The van der Waals surface area contributed by atoms with Crippen LogP contribution in [0.3, 0.4) is 0 Å². The number of halogens is 1. The van der Waals surface area contributed by atoms with E-state index in [0.717, 1.165) is 29.2 Å². The summed E-state index contributed by atoms with van der Waals surface area (Å²) < 4.78 is 20.1. The van der Waals surface area contributed by atoms with E-state index in [-0.39, 0.29) is 23.2 Å². The number of nitrogens with one attached hydrogen (secondary N) is 2. The van der Waals surface area contributed by atoms with Gasteiger partial charge in [0.05, 0.1) is 17.2 Å². The first-order chi connectivity index (χ1) is 18.6. The first-order valence-corrected chi connectivity index (χ1v) is 13.0. The highest BCUT2D eigenvalue weighted by atomic mass is 19.1. The maximum Gasteiger partial charge on any atom is 0.410 e. The molecule has 1 aliphatic heterocycles. The predicted molar refractivity (Wildman–Crippen MR) is 149 cm³/mol. The molecule has 1 fully saturated rings. The number of hydrogen-bond donors (Lipinski definition) is 3. The van der Waals surface area contributed by atoms with E-state index < -0.39 is 17.0 Å². The molecule has 6 rings (SSSR count). The SMILES string of the molecule is CC(C)(C)OC(=O)N1CCC(c2cc3c(-c4ccc(F)c5[nH]ncc45)c(N)c(=O)[nH]c3c3ncccc23)CC1. The van der Waals surface area contributed by atoms with Crippen molar-refractivity contribution in [3.63, 3.8) is 0 Å². The van der Waals surface area contributed by atoms with Crippen molar-refractivity contribution in [2.75, 3.05) is 18.8 Å². The zero-order chi connectivity index (χ0) is 27.5. The summed E-state index contributed by atoms with van der Waals surface area (Å²) in [6, 6.07) is 8.90. The highest BCUT2D eigenvalue weighted by Crippen LogP contribution is 2.41. The van der Waals surface area contributed by atoms with Crippen LogP contribution < -0.4 is 11.3 Å². The van der Waals surface area contributed by atoms with Gasteiger partial charge in [-0.1, -0.05) is 12.1 Å². The molecule has 4 N–H and O–H groups in total. The standard InChI is InChI=1S/C29H29FN6O3/c1-29(2,3)39-28(38)36-11-8-15(9-12-36)18-13-19-22(16-6-7-21(30)24-20(16)14-33-35-24)23(31)27(37)34-26(19)25-17(18)5-4-10-32-25/h4-7,10,13-15H,8-9,11-12,31H2,1-3H3,(H,33,35)(H,34,37). The van der Waals surface area contributed by atoms with Gasteiger partial charge in [0.25, 0.3) is 5.56 Å². The molecule has 1 amide bonds. The van der Waals surface area contributed by atoms with Crippen molar-refractivity contribution in [1.29, 1.82) is 0 Å². The van der Waals surface area contributed by atoms with Crippen LogP contribution in [0, 0.1) is 5.82 Å². The minimum absolute atomic E-state index is 0.0394. The number of pyridine rings is 2. The number of aromatic nitrogens is 4. The largest absolute Gasteiger partial charge is 0.444 e. The van der Waals surface area contributed by atoms with Gasteiger partial charge in [0.15, 0.2) is 0 Å². The number of piperidine rings is 1. The number of benzene rings is 2. The number of H-pyrrole nitrogens is 2. The van der Waals surface area contributed by atoms with Crippen molar-refractivity contribution in [2.45, 2.75) is 45.1 Å². The predicted octanol–water partition coefficient (Wildman–Crippen LogP) is 5.46. The van der Waals surface area contributed by atoms with Crippen molar-refractivity contribution < 1.29 is 13.9 Å². The van der Waals surface area contributed by atoms with Crippen LogP contribution in [-0.2, 0) is 4.74 Å². The summed E-state index contributed by atoms with van der Waals surface area (Å²) in [5.74, 6) is -0.300. The fourth-order valence-electron chi connectivity index (χ4n) is 5.58. The Balaban J connectivity index is 1.51. The van der Waals surface area contributed by atoms with Gasteiger partial charge in [-0.2, -0.15) is 5.10 Å². The number of aromatic amines is 2. The molecule has 0 saturated carbocycles. The van der Waals surface area contributed by atoms with Crippen LogP contribution in [0.15, 0.2) is 47.5 Å². The van der Waals surface area contributed by atoms with Gasteiger partial charge in [0, 0.05) is 41.0 Å². The van der Waals surface area contributed by atoms with E-state index in [0.29, 0.717) is 40.6 Å². The lowest BCUT2D eigenvalue weighted by atomic mass is 9.85. The van der Waals surface area contributed by atoms with Gasteiger partial charge in [-0.3, -0.25) is 14.9 Å². The number of likely N-dealkylation sites (tertiary alicyclic amines) is 1. The normalized spacial score (nSPS) is 14.9. The topological polar surface area (TPSA) is 130 Å². The molecule has 1 saturated heterocycles. The Kier molecular flexibility index (Phi) is 5.78. The Morgan fingerprint density at radius 2 is 1.90 bits per heavy atom. The average Bonchev–Trinajstić information content (AvgIpc) is 3.40. The molecule has 39 heavy (non-hydrogen) atoms. The first kappa shape index (κ1) is 24.8. The monoisotopic (exact) mass is 528 g/mol. The van der Waals surface area contributed by atoms with Gasteiger partial charge in [0.1, 0.15) is 22.6 Å². The van der Waals surface area contributed by atoms with Crippen molar-refractivity contribution in [2.24, 2.45) is 0 Å². The van der Waals surface area contributed by atoms with Crippen LogP contribution >= 0.6 is 0 Å². The number of nitrogen functional groups attached to an aromatic ring is 1. The molecular weight excluding hydrogens is 499 g/mol. The Bertz CT molecular complexity index is 1810. The molecule has 10 heteroatoms. The smallest absolute Gasteiger partial charge is 0.410 e. The van der Waals surface area contributed by atoms with E-state index in [1.54, 1.807) is 17.2 Å². The summed E-state index contributed by atoms with van der Waals surface area (Å²) >= 11 is 0. The van der Waals surface area contributed by atoms with Crippen LogP contribution in [0.25, 0.3) is 43.8 Å². The fourth-order valence-corrected chi connectivity index (χ4v) is 5.58. The molecule has 0 radical (unpaired) electrons. The lowest BCUT2D eigenvalue weighted by Gasteiger charge is -2.34. The molecule has 9 nitrogen and oxygen atoms in total. The summed E-state index contributed by atoms with van der Waals surface area (Å²) in [7, 11) is 0. The van der Waals surface area contributed by atoms with Crippen LogP contribution in [0.4, 0.5) is 14.9 Å². The van der Waals surface area contributed by atoms with E-state index in [1.165, 1.54) is 12.3 Å². The Hall–Kier alpha value is -4.47. The van der Waals surface area contributed by atoms with Crippen LogP contribution in [-0.4, -0.2) is 49.8 Å². The average molecular weight is 529 g/mol. The molecular formula is C29H29FN6O3. The number of anilines is 1. The second-order valence-electron chi connectivity index (χ2n) is 11.0. The third-order valence-corrected chi connectivity index (χ3v) is 7.37. The third-order valence-electron chi connectivity index (χ3n) is 7.37. The van der Waals surface area contributed by atoms with E-state index in [9.17, 15) is 14.0 Å². The number of nitrogens with two attached hydrogens (primary N) is 1. The van der Waals surface area contributed by atoms with Crippen molar-refractivity contribution >= 4 is 44.5 Å². The zero-order valence-corrected chi connectivity index (χ0v) is 22.0. The van der Waals surface area contributed by atoms with E-state index in [4.69, 9.17) is 10.5 Å². The number of rotatable bonds is 2. The quantitative estimate of drug-likeness (QED) is 0.261. The Morgan fingerprint density at radius 3 is 2.64 bits per heavy atom. The molecule has 0 bridgehead atoms. The van der Waals surface area contributed by atoms with Gasteiger partial charge >= 0.3 is 6.09 Å². The lowest BCUT2D eigenvalue weighted by molar-refractivity contribution is 0.0205. The molecule has 0 atom stereocenters. The first-order valence-electron chi connectivity index (χ1n) is 13.0. The van der Waals surface area contributed by atoms with Crippen molar-refractivity contribution in [3.05, 3.63) is 64.5 Å². The minimum atomic E-state index is -0.553. The van der Waals surface area contributed by atoms with Gasteiger partial charge in [-0.25, -0.2) is 9.18 Å². The van der Waals surface area contributed by atoms with E-state index in [2.05, 4.69) is 26.2 Å². The maximum absolute atomic E-state index is 14.5.